The third kappa shape index (κ3) is 7.02. The second-order valence-corrected chi connectivity index (χ2v) is 11.2. The molecule has 9 heteroatoms. The van der Waals surface area contributed by atoms with Crippen molar-refractivity contribution in [3.8, 4) is 0 Å². The molecule has 4 rings (SSSR count). The summed E-state index contributed by atoms with van der Waals surface area (Å²) in [6.45, 7) is 11.8. The summed E-state index contributed by atoms with van der Waals surface area (Å²) in [6, 6.07) is 10.3. The van der Waals surface area contributed by atoms with E-state index in [2.05, 4.69) is 35.8 Å². The van der Waals surface area contributed by atoms with Crippen LogP contribution in [0.1, 0.15) is 49.4 Å². The minimum Gasteiger partial charge on any atom is -0.466 e. The Hall–Kier alpha value is -2.65. The van der Waals surface area contributed by atoms with E-state index in [1.165, 1.54) is 23.5 Å². The first-order valence-electron chi connectivity index (χ1n) is 12.7. The molecule has 0 spiro atoms. The van der Waals surface area contributed by atoms with Gasteiger partial charge in [-0.25, -0.2) is 4.98 Å². The lowest BCUT2D eigenvalue weighted by Crippen LogP contribution is -2.53. The number of nitrogens with zero attached hydrogens (tertiary/aromatic N) is 3. The average molecular weight is 534 g/mol. The molecule has 0 aliphatic carbocycles. The van der Waals surface area contributed by atoms with Gasteiger partial charge in [-0.3, -0.25) is 9.69 Å². The number of carbonyl (C=O) groups excluding carboxylic acids is 1. The van der Waals surface area contributed by atoms with Gasteiger partial charge in [0.25, 0.3) is 0 Å². The molecule has 0 saturated carbocycles. The standard InChI is InChI=1S/C28H34F3N3O2S/c1-5-36-26(35)14-20-11-19(4)12-21(13-20)16-33-8-9-34(23(17-33)10-18(2)3)27-32-24-7-6-22(28(29,30)31)15-25(24)37-27/h6-7,11-13,15,18,23H,5,8-10,14,16-17H2,1-4H3/t23-/m0/s1. The van der Waals surface area contributed by atoms with E-state index >= 15 is 0 Å². The zero-order valence-corrected chi connectivity index (χ0v) is 22.6. The predicted octanol–water partition coefficient (Wildman–Crippen LogP) is 6.47. The Bertz CT molecular complexity index is 1240. The van der Waals surface area contributed by atoms with E-state index in [0.717, 1.165) is 60.5 Å². The van der Waals surface area contributed by atoms with Gasteiger partial charge in [0.05, 0.1) is 28.8 Å². The van der Waals surface area contributed by atoms with Crippen LogP contribution in [0.25, 0.3) is 10.2 Å². The van der Waals surface area contributed by atoms with Crippen LogP contribution in [0.2, 0.25) is 0 Å². The quantitative estimate of drug-likeness (QED) is 0.311. The number of aryl methyl sites for hydroxylation is 1. The first kappa shape index (κ1) is 27.4. The summed E-state index contributed by atoms with van der Waals surface area (Å²) in [7, 11) is 0. The number of anilines is 1. The molecule has 1 saturated heterocycles. The number of aromatic nitrogens is 1. The maximum Gasteiger partial charge on any atom is 0.416 e. The fourth-order valence-electron chi connectivity index (χ4n) is 5.05. The molecule has 0 bridgehead atoms. The Balaban J connectivity index is 1.51. The SMILES string of the molecule is CCOC(=O)Cc1cc(C)cc(CN2CCN(c3nc4ccc(C(F)(F)F)cc4s3)[C@@H](CC(C)C)C2)c1. The zero-order chi connectivity index (χ0) is 26.7. The molecule has 3 aromatic rings. The summed E-state index contributed by atoms with van der Waals surface area (Å²) in [5.74, 6) is 0.247. The molecule has 0 radical (unpaired) electrons. The van der Waals surface area contributed by atoms with E-state index < -0.39 is 11.7 Å². The van der Waals surface area contributed by atoms with Gasteiger partial charge < -0.3 is 9.64 Å². The minimum absolute atomic E-state index is 0.209. The van der Waals surface area contributed by atoms with Crippen molar-refractivity contribution in [2.75, 3.05) is 31.1 Å². The fraction of sp³-hybridized carbons (Fsp3) is 0.500. The molecule has 5 nitrogen and oxygen atoms in total. The van der Waals surface area contributed by atoms with E-state index in [1.807, 2.05) is 13.0 Å². The summed E-state index contributed by atoms with van der Waals surface area (Å²) in [4.78, 5) is 21.4. The monoisotopic (exact) mass is 533 g/mol. The molecule has 1 atom stereocenters. The van der Waals surface area contributed by atoms with Crippen molar-refractivity contribution in [3.63, 3.8) is 0 Å². The van der Waals surface area contributed by atoms with E-state index in [1.54, 1.807) is 6.92 Å². The molecule has 0 amide bonds. The number of thiazole rings is 1. The van der Waals surface area contributed by atoms with Crippen LogP contribution >= 0.6 is 11.3 Å². The van der Waals surface area contributed by atoms with Crippen LogP contribution in [-0.4, -0.2) is 48.1 Å². The lowest BCUT2D eigenvalue weighted by molar-refractivity contribution is -0.142. The molecule has 1 aliphatic rings. The Labute approximate surface area is 220 Å². The number of hydrogen-bond donors (Lipinski definition) is 0. The summed E-state index contributed by atoms with van der Waals surface area (Å²) < 4.78 is 45.3. The number of piperazine rings is 1. The molecule has 0 N–H and O–H groups in total. The highest BCUT2D eigenvalue weighted by molar-refractivity contribution is 7.22. The molecule has 2 heterocycles. The van der Waals surface area contributed by atoms with Crippen LogP contribution in [0.3, 0.4) is 0 Å². The number of hydrogen-bond acceptors (Lipinski definition) is 6. The lowest BCUT2D eigenvalue weighted by Gasteiger charge is -2.42. The van der Waals surface area contributed by atoms with Gasteiger partial charge in [-0.05, 0) is 55.5 Å². The number of carbonyl (C=O) groups is 1. The van der Waals surface area contributed by atoms with Crippen LogP contribution in [0, 0.1) is 12.8 Å². The van der Waals surface area contributed by atoms with Crippen molar-refractivity contribution in [1.82, 2.24) is 9.88 Å². The summed E-state index contributed by atoms with van der Waals surface area (Å²) in [6.07, 6.45) is -3.14. The van der Waals surface area contributed by atoms with E-state index in [9.17, 15) is 18.0 Å². The molecular formula is C28H34F3N3O2S. The average Bonchev–Trinajstić information content (AvgIpc) is 3.21. The van der Waals surface area contributed by atoms with Crippen molar-refractivity contribution in [2.45, 2.75) is 59.3 Å². The van der Waals surface area contributed by atoms with Crippen LogP contribution in [-0.2, 0) is 28.7 Å². The summed E-state index contributed by atoms with van der Waals surface area (Å²) >= 11 is 1.34. The normalized spacial score (nSPS) is 17.1. The first-order chi connectivity index (χ1) is 17.5. The highest BCUT2D eigenvalue weighted by atomic mass is 32.1. The van der Waals surface area contributed by atoms with Crippen molar-refractivity contribution >= 4 is 32.7 Å². The Kier molecular flexibility index (Phi) is 8.43. The van der Waals surface area contributed by atoms with E-state index in [0.29, 0.717) is 22.7 Å². The maximum atomic E-state index is 13.2. The number of fused-ring (bicyclic) bond motifs is 1. The molecular weight excluding hydrogens is 499 g/mol. The van der Waals surface area contributed by atoms with Crippen molar-refractivity contribution in [3.05, 3.63) is 58.7 Å². The van der Waals surface area contributed by atoms with Crippen molar-refractivity contribution < 1.29 is 22.7 Å². The van der Waals surface area contributed by atoms with E-state index in [4.69, 9.17) is 9.72 Å². The molecule has 0 unspecified atom stereocenters. The Morgan fingerprint density at radius 3 is 2.62 bits per heavy atom. The first-order valence-corrected chi connectivity index (χ1v) is 13.5. The molecule has 2 aromatic carbocycles. The molecule has 1 aromatic heterocycles. The summed E-state index contributed by atoms with van der Waals surface area (Å²) in [5.41, 5.74) is 3.20. The van der Waals surface area contributed by atoms with Gasteiger partial charge in [0.2, 0.25) is 0 Å². The topological polar surface area (TPSA) is 45.7 Å². The number of rotatable bonds is 8. The van der Waals surface area contributed by atoms with E-state index in [-0.39, 0.29) is 18.4 Å². The zero-order valence-electron chi connectivity index (χ0n) is 21.8. The molecule has 200 valence electrons. The third-order valence-electron chi connectivity index (χ3n) is 6.52. The molecule has 1 fully saturated rings. The van der Waals surface area contributed by atoms with Gasteiger partial charge in [-0.1, -0.05) is 48.9 Å². The fourth-order valence-corrected chi connectivity index (χ4v) is 6.15. The van der Waals surface area contributed by atoms with Crippen molar-refractivity contribution in [1.29, 1.82) is 0 Å². The van der Waals surface area contributed by atoms with Crippen LogP contribution in [0.15, 0.2) is 36.4 Å². The highest BCUT2D eigenvalue weighted by Crippen LogP contribution is 2.37. The maximum absolute atomic E-state index is 13.2. The number of halogens is 3. The number of esters is 1. The smallest absolute Gasteiger partial charge is 0.416 e. The van der Waals surface area contributed by atoms with Gasteiger partial charge in [0.1, 0.15) is 0 Å². The van der Waals surface area contributed by atoms with Gasteiger partial charge in [-0.15, -0.1) is 0 Å². The van der Waals surface area contributed by atoms with Crippen molar-refractivity contribution in [2.24, 2.45) is 5.92 Å². The molecule has 1 aliphatic heterocycles. The molecule has 37 heavy (non-hydrogen) atoms. The van der Waals surface area contributed by atoms with Crippen LogP contribution in [0.4, 0.5) is 18.3 Å². The number of benzene rings is 2. The van der Waals surface area contributed by atoms with Gasteiger partial charge in [-0.2, -0.15) is 13.2 Å². The van der Waals surface area contributed by atoms with Crippen LogP contribution in [0.5, 0.6) is 0 Å². The Morgan fingerprint density at radius 1 is 1.16 bits per heavy atom. The second kappa shape index (κ2) is 11.4. The number of alkyl halides is 3. The second-order valence-electron chi connectivity index (χ2n) is 10.2. The lowest BCUT2D eigenvalue weighted by atomic mass is 9.99. The third-order valence-corrected chi connectivity index (χ3v) is 7.57. The minimum atomic E-state index is -4.36. The van der Waals surface area contributed by atoms with Gasteiger partial charge in [0, 0.05) is 32.2 Å². The van der Waals surface area contributed by atoms with Crippen LogP contribution < -0.4 is 4.90 Å². The number of ether oxygens (including phenoxy) is 1. The van der Waals surface area contributed by atoms with Gasteiger partial charge in [0.15, 0.2) is 5.13 Å². The largest absolute Gasteiger partial charge is 0.466 e. The predicted molar refractivity (Wildman–Crippen MR) is 142 cm³/mol. The summed E-state index contributed by atoms with van der Waals surface area (Å²) in [5, 5.41) is 0.784. The van der Waals surface area contributed by atoms with Gasteiger partial charge >= 0.3 is 12.1 Å². The highest BCUT2D eigenvalue weighted by Gasteiger charge is 2.32. The Morgan fingerprint density at radius 2 is 1.92 bits per heavy atom.